The summed E-state index contributed by atoms with van der Waals surface area (Å²) < 4.78 is 6.99. The van der Waals surface area contributed by atoms with Crippen molar-refractivity contribution in [2.75, 3.05) is 20.1 Å². The summed E-state index contributed by atoms with van der Waals surface area (Å²) in [5.41, 5.74) is -0.478. The molecule has 9 heteroatoms. The maximum absolute atomic E-state index is 11.5. The number of carbonyl (C=O) groups is 1. The maximum Gasteiger partial charge on any atom is 0.407 e. The van der Waals surface area contributed by atoms with Crippen LogP contribution < -0.4 is 16.0 Å². The SMILES string of the molecule is CN=C(NCCCNC(=O)OC(C)(C)C)NCc1nncn1C. The molecule has 0 atom stereocenters. The molecule has 0 spiro atoms. The molecular formula is C14H27N7O2. The largest absolute Gasteiger partial charge is 0.444 e. The maximum atomic E-state index is 11.5. The van der Waals surface area contributed by atoms with E-state index >= 15 is 0 Å². The predicted octanol–water partition coefficient (Wildman–Crippen LogP) is 0.395. The van der Waals surface area contributed by atoms with E-state index in [-0.39, 0.29) is 0 Å². The number of alkyl carbamates (subject to hydrolysis) is 1. The van der Waals surface area contributed by atoms with E-state index in [2.05, 4.69) is 31.1 Å². The molecule has 0 aliphatic carbocycles. The summed E-state index contributed by atoms with van der Waals surface area (Å²) in [4.78, 5) is 15.6. The molecule has 9 nitrogen and oxygen atoms in total. The van der Waals surface area contributed by atoms with Gasteiger partial charge in [0.05, 0.1) is 6.54 Å². The van der Waals surface area contributed by atoms with Gasteiger partial charge in [0.1, 0.15) is 11.9 Å². The Morgan fingerprint density at radius 1 is 1.30 bits per heavy atom. The predicted molar refractivity (Wildman–Crippen MR) is 88.1 cm³/mol. The van der Waals surface area contributed by atoms with Crippen molar-refractivity contribution in [3.05, 3.63) is 12.2 Å². The average molecular weight is 325 g/mol. The van der Waals surface area contributed by atoms with Crippen LogP contribution >= 0.6 is 0 Å². The average Bonchev–Trinajstić information content (AvgIpc) is 2.85. The van der Waals surface area contributed by atoms with Crippen molar-refractivity contribution >= 4 is 12.1 Å². The first kappa shape index (κ1) is 18.7. The van der Waals surface area contributed by atoms with Gasteiger partial charge in [-0.25, -0.2) is 4.79 Å². The number of carbonyl (C=O) groups excluding carboxylic acids is 1. The molecule has 0 fully saturated rings. The minimum Gasteiger partial charge on any atom is -0.444 e. The first-order chi connectivity index (χ1) is 10.8. The third-order valence-corrected chi connectivity index (χ3v) is 2.76. The first-order valence-electron chi connectivity index (χ1n) is 7.56. The van der Waals surface area contributed by atoms with Crippen molar-refractivity contribution in [3.63, 3.8) is 0 Å². The summed E-state index contributed by atoms with van der Waals surface area (Å²) in [6, 6.07) is 0. The lowest BCUT2D eigenvalue weighted by molar-refractivity contribution is 0.0527. The minimum atomic E-state index is -0.478. The molecule has 0 bridgehead atoms. The number of hydrogen-bond donors (Lipinski definition) is 3. The van der Waals surface area contributed by atoms with Crippen LogP contribution in [-0.2, 0) is 18.3 Å². The van der Waals surface area contributed by atoms with E-state index in [4.69, 9.17) is 4.74 Å². The Bertz CT molecular complexity index is 519. The van der Waals surface area contributed by atoms with Gasteiger partial charge in [0.2, 0.25) is 0 Å². The summed E-state index contributed by atoms with van der Waals surface area (Å²) >= 11 is 0. The van der Waals surface area contributed by atoms with E-state index in [1.165, 1.54) is 0 Å². The number of aromatic nitrogens is 3. The highest BCUT2D eigenvalue weighted by molar-refractivity contribution is 5.79. The van der Waals surface area contributed by atoms with E-state index in [0.717, 1.165) is 12.2 Å². The zero-order valence-electron chi connectivity index (χ0n) is 14.5. The third kappa shape index (κ3) is 8.03. The molecule has 0 saturated carbocycles. The van der Waals surface area contributed by atoms with Crippen LogP contribution in [0.3, 0.4) is 0 Å². The highest BCUT2D eigenvalue weighted by Crippen LogP contribution is 2.06. The van der Waals surface area contributed by atoms with E-state index in [0.29, 0.717) is 25.6 Å². The minimum absolute atomic E-state index is 0.401. The topological polar surface area (TPSA) is 105 Å². The van der Waals surface area contributed by atoms with Gasteiger partial charge < -0.3 is 25.3 Å². The monoisotopic (exact) mass is 325 g/mol. The Labute approximate surface area is 136 Å². The third-order valence-electron chi connectivity index (χ3n) is 2.76. The van der Waals surface area contributed by atoms with E-state index < -0.39 is 11.7 Å². The van der Waals surface area contributed by atoms with Gasteiger partial charge in [-0.1, -0.05) is 0 Å². The molecule has 0 radical (unpaired) electrons. The van der Waals surface area contributed by atoms with Crippen molar-refractivity contribution in [3.8, 4) is 0 Å². The summed E-state index contributed by atoms with van der Waals surface area (Å²) in [6.45, 7) is 7.24. The number of rotatable bonds is 6. The van der Waals surface area contributed by atoms with Crippen molar-refractivity contribution in [1.29, 1.82) is 0 Å². The highest BCUT2D eigenvalue weighted by Gasteiger charge is 2.15. The summed E-state index contributed by atoms with van der Waals surface area (Å²) in [5, 5.41) is 16.8. The van der Waals surface area contributed by atoms with Gasteiger partial charge in [-0.2, -0.15) is 0 Å². The second-order valence-corrected chi connectivity index (χ2v) is 5.99. The van der Waals surface area contributed by atoms with Gasteiger partial charge in [-0.05, 0) is 27.2 Å². The van der Waals surface area contributed by atoms with Gasteiger partial charge in [0.15, 0.2) is 11.8 Å². The number of nitrogens with one attached hydrogen (secondary N) is 3. The number of guanidine groups is 1. The molecule has 23 heavy (non-hydrogen) atoms. The molecule has 0 saturated heterocycles. The number of aliphatic imine (C=N–C) groups is 1. The molecule has 1 aromatic rings. The summed E-state index contributed by atoms with van der Waals surface area (Å²) in [6.07, 6.45) is 2.00. The van der Waals surface area contributed by atoms with E-state index in [1.54, 1.807) is 13.4 Å². The Balaban J connectivity index is 2.16. The van der Waals surface area contributed by atoms with Crippen LogP contribution in [0.5, 0.6) is 0 Å². The Kier molecular flexibility index (Phi) is 7.30. The van der Waals surface area contributed by atoms with E-state index in [9.17, 15) is 4.79 Å². The molecular weight excluding hydrogens is 298 g/mol. The van der Waals surface area contributed by atoms with Crippen molar-refractivity contribution < 1.29 is 9.53 Å². The molecule has 1 rings (SSSR count). The second-order valence-electron chi connectivity index (χ2n) is 5.99. The molecule has 1 heterocycles. The van der Waals surface area contributed by atoms with Crippen molar-refractivity contribution in [2.24, 2.45) is 12.0 Å². The quantitative estimate of drug-likeness (QED) is 0.397. The standard InChI is InChI=1S/C14H27N7O2/c1-14(2,3)23-13(22)17-8-6-7-16-12(15-4)18-9-11-20-19-10-21(11)5/h10H,6-9H2,1-5H3,(H,17,22)(H2,15,16,18). The molecule has 3 N–H and O–H groups in total. The van der Waals surface area contributed by atoms with Crippen LogP contribution in [0.15, 0.2) is 11.3 Å². The molecule has 0 aliphatic heterocycles. The Hall–Kier alpha value is -2.32. The lowest BCUT2D eigenvalue weighted by Crippen LogP contribution is -2.39. The van der Waals surface area contributed by atoms with Gasteiger partial charge >= 0.3 is 6.09 Å². The van der Waals surface area contributed by atoms with Crippen LogP contribution in [0.1, 0.15) is 33.0 Å². The zero-order chi connectivity index (χ0) is 17.3. The molecule has 0 aromatic carbocycles. The fourth-order valence-electron chi connectivity index (χ4n) is 1.65. The highest BCUT2D eigenvalue weighted by atomic mass is 16.6. The smallest absolute Gasteiger partial charge is 0.407 e. The number of amides is 1. The molecule has 1 aromatic heterocycles. The fraction of sp³-hybridized carbons (Fsp3) is 0.714. The van der Waals surface area contributed by atoms with Crippen LogP contribution in [-0.4, -0.2) is 52.6 Å². The van der Waals surface area contributed by atoms with Gasteiger partial charge in [-0.3, -0.25) is 4.99 Å². The molecule has 0 aliphatic rings. The van der Waals surface area contributed by atoms with Crippen LogP contribution in [0.25, 0.3) is 0 Å². The Morgan fingerprint density at radius 3 is 2.57 bits per heavy atom. The molecule has 1 amide bonds. The van der Waals surface area contributed by atoms with E-state index in [1.807, 2.05) is 32.4 Å². The van der Waals surface area contributed by atoms with Crippen LogP contribution in [0, 0.1) is 0 Å². The first-order valence-corrected chi connectivity index (χ1v) is 7.56. The van der Waals surface area contributed by atoms with Gasteiger partial charge in [0.25, 0.3) is 0 Å². The summed E-state index contributed by atoms with van der Waals surface area (Å²) in [5.74, 6) is 1.49. The fourth-order valence-corrected chi connectivity index (χ4v) is 1.65. The van der Waals surface area contributed by atoms with Crippen molar-refractivity contribution in [2.45, 2.75) is 39.3 Å². The second kappa shape index (κ2) is 8.96. The lowest BCUT2D eigenvalue weighted by Gasteiger charge is -2.19. The van der Waals surface area contributed by atoms with Crippen LogP contribution in [0.4, 0.5) is 4.79 Å². The van der Waals surface area contributed by atoms with Gasteiger partial charge in [-0.15, -0.1) is 10.2 Å². The number of ether oxygens (including phenoxy) is 1. The van der Waals surface area contributed by atoms with Gasteiger partial charge in [0, 0.05) is 27.2 Å². The molecule has 0 unspecified atom stereocenters. The number of aryl methyl sites for hydroxylation is 1. The zero-order valence-corrected chi connectivity index (χ0v) is 14.5. The molecule has 130 valence electrons. The summed E-state index contributed by atoms with van der Waals surface area (Å²) in [7, 11) is 3.58. The Morgan fingerprint density at radius 2 is 2.00 bits per heavy atom. The van der Waals surface area contributed by atoms with Crippen LogP contribution in [0.2, 0.25) is 0 Å². The number of hydrogen-bond acceptors (Lipinski definition) is 5. The van der Waals surface area contributed by atoms with Crippen molar-refractivity contribution in [1.82, 2.24) is 30.7 Å². The lowest BCUT2D eigenvalue weighted by atomic mass is 10.2. The number of nitrogens with zero attached hydrogens (tertiary/aromatic N) is 4. The normalized spacial score (nSPS) is 12.0.